The zero-order valence-electron chi connectivity index (χ0n) is 20.4. The number of esters is 1. The maximum atomic E-state index is 12.9. The van der Waals surface area contributed by atoms with E-state index in [1.165, 1.54) is 20.0 Å². The molecule has 5 rings (SSSR count). The lowest BCUT2D eigenvalue weighted by Gasteiger charge is -2.64. The lowest BCUT2D eigenvalue weighted by Crippen LogP contribution is -2.58. The number of fused-ring (bicyclic) bond motifs is 3. The largest absolute Gasteiger partial charge is 0.469 e. The van der Waals surface area contributed by atoms with Gasteiger partial charge in [-0.25, -0.2) is 5.43 Å². The normalized spacial score (nSPS) is 42.8. The number of carbonyl (C=O) groups is 2. The molecule has 4 aliphatic carbocycles. The predicted molar refractivity (Wildman–Crippen MR) is 126 cm³/mol. The molecule has 1 spiro atoms. The number of carbonyl (C=O) groups excluding carboxylic acids is 2. The van der Waals surface area contributed by atoms with E-state index in [1.807, 2.05) is 0 Å². The Kier molecular flexibility index (Phi) is 5.22. The van der Waals surface area contributed by atoms with Gasteiger partial charge in [0.05, 0.1) is 12.5 Å². The van der Waals surface area contributed by atoms with E-state index in [2.05, 4.69) is 31.2 Å². The van der Waals surface area contributed by atoms with Crippen LogP contribution in [0.2, 0.25) is 0 Å². The fourth-order valence-corrected chi connectivity index (χ4v) is 8.86. The Bertz CT molecular complexity index is 994. The molecule has 2 bridgehead atoms. The quantitative estimate of drug-likeness (QED) is 0.509. The van der Waals surface area contributed by atoms with Crippen LogP contribution < -0.4 is 5.43 Å². The van der Waals surface area contributed by atoms with E-state index in [1.54, 1.807) is 24.5 Å². The van der Waals surface area contributed by atoms with Gasteiger partial charge in [-0.15, -0.1) is 0 Å². The van der Waals surface area contributed by atoms with E-state index < -0.39 is 0 Å². The molecule has 0 aromatic carbocycles. The predicted octanol–water partition coefficient (Wildman–Crippen LogP) is 5.14. The van der Waals surface area contributed by atoms with Crippen molar-refractivity contribution in [2.24, 2.45) is 38.6 Å². The molecule has 4 saturated carbocycles. The molecule has 4 aliphatic rings. The smallest absolute Gasteiger partial charge is 0.311 e. The highest BCUT2D eigenvalue weighted by Crippen LogP contribution is 2.73. The van der Waals surface area contributed by atoms with E-state index in [0.717, 1.165) is 50.7 Å². The molecule has 1 amide bonds. The summed E-state index contributed by atoms with van der Waals surface area (Å²) in [5.74, 6) is 0.756. The number of rotatable bonds is 3. The highest BCUT2D eigenvalue weighted by Gasteiger charge is 2.67. The zero-order valence-corrected chi connectivity index (χ0v) is 20.4. The number of hydrazone groups is 1. The molecule has 4 fully saturated rings. The summed E-state index contributed by atoms with van der Waals surface area (Å²) in [6, 6.07) is 3.42. The SMILES string of the molecule is COC(=O)[C@]1(C)CCC[C@@]2(C)C3CC[C@@]4(C)C[C@]3(CCC21)CC4=NNC(=O)c1ccncc1. The first-order valence-electron chi connectivity index (χ1n) is 12.5. The second-order valence-corrected chi connectivity index (χ2v) is 12.0. The maximum Gasteiger partial charge on any atom is 0.311 e. The number of nitrogens with one attached hydrogen (secondary N) is 1. The van der Waals surface area contributed by atoms with Gasteiger partial charge in [0.2, 0.25) is 0 Å². The zero-order chi connectivity index (χ0) is 23.5. The lowest BCUT2D eigenvalue weighted by atomic mass is 9.40. The summed E-state index contributed by atoms with van der Waals surface area (Å²) in [5, 5.41) is 4.72. The number of methoxy groups -OCH3 is 1. The Morgan fingerprint density at radius 2 is 1.79 bits per heavy atom. The number of pyridine rings is 1. The van der Waals surface area contributed by atoms with Crippen LogP contribution in [0.4, 0.5) is 0 Å². The number of aromatic nitrogens is 1. The average Bonchev–Trinajstić information content (AvgIpc) is 3.01. The fraction of sp³-hybridized carbons (Fsp3) is 0.704. The molecule has 1 heterocycles. The van der Waals surface area contributed by atoms with Crippen molar-refractivity contribution in [2.75, 3.05) is 7.11 Å². The standard InChI is InChI=1S/C27H37N3O3/c1-24-12-6-20-25(2)10-5-11-26(3,23(32)33-4)19(25)7-13-27(20,17-24)16-21(24)29-30-22(31)18-8-14-28-15-9-18/h8-9,14-15,19-20H,5-7,10-13,16-17H2,1-4H3,(H,30,31)/t19?,20?,24-,25+,26+,27-/m0/s1. The van der Waals surface area contributed by atoms with Gasteiger partial charge in [0.15, 0.2) is 0 Å². The van der Waals surface area contributed by atoms with Gasteiger partial charge in [0.1, 0.15) is 0 Å². The molecular weight excluding hydrogens is 414 g/mol. The highest BCUT2D eigenvalue weighted by atomic mass is 16.5. The van der Waals surface area contributed by atoms with E-state index >= 15 is 0 Å². The Morgan fingerprint density at radius 3 is 2.52 bits per heavy atom. The third kappa shape index (κ3) is 3.27. The molecule has 6 atom stereocenters. The van der Waals surface area contributed by atoms with Crippen LogP contribution in [0.15, 0.2) is 29.6 Å². The van der Waals surface area contributed by atoms with Gasteiger partial charge in [-0.1, -0.05) is 20.3 Å². The highest BCUT2D eigenvalue weighted by molar-refractivity contribution is 5.97. The van der Waals surface area contributed by atoms with Crippen LogP contribution in [0.25, 0.3) is 0 Å². The van der Waals surface area contributed by atoms with Crippen molar-refractivity contribution < 1.29 is 14.3 Å². The van der Waals surface area contributed by atoms with Crippen LogP contribution in [-0.2, 0) is 9.53 Å². The van der Waals surface area contributed by atoms with Crippen molar-refractivity contribution in [2.45, 2.75) is 78.6 Å². The minimum absolute atomic E-state index is 0.0254. The van der Waals surface area contributed by atoms with Crippen molar-refractivity contribution in [1.82, 2.24) is 10.4 Å². The lowest BCUT2D eigenvalue weighted by molar-refractivity contribution is -0.185. The van der Waals surface area contributed by atoms with E-state index in [4.69, 9.17) is 9.84 Å². The first-order valence-corrected chi connectivity index (χ1v) is 12.5. The summed E-state index contributed by atoms with van der Waals surface area (Å²) in [6.07, 6.45) is 13.1. The Labute approximate surface area is 197 Å². The second-order valence-electron chi connectivity index (χ2n) is 12.0. The summed E-state index contributed by atoms with van der Waals surface area (Å²) < 4.78 is 5.30. The summed E-state index contributed by atoms with van der Waals surface area (Å²) in [7, 11) is 1.54. The van der Waals surface area contributed by atoms with Crippen LogP contribution >= 0.6 is 0 Å². The fourth-order valence-electron chi connectivity index (χ4n) is 8.86. The van der Waals surface area contributed by atoms with Crippen LogP contribution in [0.5, 0.6) is 0 Å². The minimum atomic E-state index is -0.377. The van der Waals surface area contributed by atoms with Gasteiger partial charge < -0.3 is 4.74 Å². The summed E-state index contributed by atoms with van der Waals surface area (Å²) in [6.45, 7) is 6.96. The van der Waals surface area contributed by atoms with Crippen LogP contribution in [0, 0.1) is 33.5 Å². The van der Waals surface area contributed by atoms with Gasteiger partial charge in [-0.2, -0.15) is 5.10 Å². The van der Waals surface area contributed by atoms with Crippen molar-refractivity contribution in [3.8, 4) is 0 Å². The molecule has 6 nitrogen and oxygen atoms in total. The third-order valence-electron chi connectivity index (χ3n) is 10.3. The van der Waals surface area contributed by atoms with Gasteiger partial charge in [0.25, 0.3) is 5.91 Å². The molecule has 0 aliphatic heterocycles. The third-order valence-corrected chi connectivity index (χ3v) is 10.3. The van der Waals surface area contributed by atoms with Crippen LogP contribution in [0.3, 0.4) is 0 Å². The summed E-state index contributed by atoms with van der Waals surface area (Å²) >= 11 is 0. The number of hydrogen-bond acceptors (Lipinski definition) is 5. The molecule has 1 N–H and O–H groups in total. The topological polar surface area (TPSA) is 80.6 Å². The van der Waals surface area contributed by atoms with Crippen molar-refractivity contribution in [1.29, 1.82) is 0 Å². The van der Waals surface area contributed by atoms with Crippen molar-refractivity contribution in [3.05, 3.63) is 30.1 Å². The van der Waals surface area contributed by atoms with Gasteiger partial charge >= 0.3 is 5.97 Å². The van der Waals surface area contributed by atoms with Gasteiger partial charge in [0, 0.05) is 29.1 Å². The minimum Gasteiger partial charge on any atom is -0.469 e. The number of hydrogen-bond donors (Lipinski definition) is 1. The number of amides is 1. The molecule has 0 saturated heterocycles. The summed E-state index contributed by atoms with van der Waals surface area (Å²) in [4.78, 5) is 29.5. The van der Waals surface area contributed by atoms with E-state index in [-0.39, 0.29) is 33.5 Å². The number of nitrogens with zero attached hydrogens (tertiary/aromatic N) is 2. The van der Waals surface area contributed by atoms with Crippen LogP contribution in [-0.4, -0.2) is 29.7 Å². The Hall–Kier alpha value is -2.24. The molecule has 178 valence electrons. The maximum absolute atomic E-state index is 12.9. The molecule has 6 heteroatoms. The van der Waals surface area contributed by atoms with Gasteiger partial charge in [-0.3, -0.25) is 14.6 Å². The van der Waals surface area contributed by atoms with Crippen LogP contribution in [0.1, 0.15) is 88.9 Å². The Morgan fingerprint density at radius 1 is 1.06 bits per heavy atom. The average molecular weight is 452 g/mol. The Balaban J connectivity index is 1.42. The molecule has 1 aromatic rings. The molecule has 1 aromatic heterocycles. The van der Waals surface area contributed by atoms with E-state index in [0.29, 0.717) is 17.4 Å². The molecule has 0 radical (unpaired) electrons. The molecule has 33 heavy (non-hydrogen) atoms. The first-order chi connectivity index (χ1) is 15.7. The summed E-state index contributed by atoms with van der Waals surface area (Å²) in [5.41, 5.74) is 4.61. The first kappa shape index (κ1) is 22.5. The van der Waals surface area contributed by atoms with Gasteiger partial charge in [-0.05, 0) is 93.1 Å². The molecular formula is C27H37N3O3. The monoisotopic (exact) mass is 451 g/mol. The number of ether oxygens (including phenoxy) is 1. The molecule has 2 unspecified atom stereocenters. The van der Waals surface area contributed by atoms with Crippen molar-refractivity contribution in [3.63, 3.8) is 0 Å². The van der Waals surface area contributed by atoms with Crippen molar-refractivity contribution >= 4 is 17.6 Å². The second kappa shape index (κ2) is 7.64. The van der Waals surface area contributed by atoms with E-state index in [9.17, 15) is 9.59 Å².